The molecule has 2 unspecified atom stereocenters. The van der Waals surface area contributed by atoms with Gasteiger partial charge < -0.3 is 5.32 Å². The molecule has 1 aromatic rings. The summed E-state index contributed by atoms with van der Waals surface area (Å²) in [7, 11) is 0. The Hall–Kier alpha value is -0.890. The minimum Gasteiger partial charge on any atom is -0.317 e. The third-order valence-corrected chi connectivity index (χ3v) is 3.55. The fourth-order valence-corrected chi connectivity index (χ4v) is 2.08. The van der Waals surface area contributed by atoms with Crippen LogP contribution in [0.25, 0.3) is 0 Å². The SMILES string of the molecule is CCNCC(Cc1ccccc1F)C(C)CC. The summed E-state index contributed by atoms with van der Waals surface area (Å²) in [5, 5.41) is 3.38. The van der Waals surface area contributed by atoms with Gasteiger partial charge in [-0.25, -0.2) is 4.39 Å². The van der Waals surface area contributed by atoms with Crippen molar-refractivity contribution in [3.63, 3.8) is 0 Å². The molecule has 0 radical (unpaired) electrons. The average molecular weight is 237 g/mol. The summed E-state index contributed by atoms with van der Waals surface area (Å²) in [6.45, 7) is 8.51. The van der Waals surface area contributed by atoms with Crippen LogP contribution in [-0.2, 0) is 6.42 Å². The van der Waals surface area contributed by atoms with Crippen LogP contribution in [0, 0.1) is 17.7 Å². The van der Waals surface area contributed by atoms with Crippen molar-refractivity contribution in [3.05, 3.63) is 35.6 Å². The fourth-order valence-electron chi connectivity index (χ4n) is 2.08. The van der Waals surface area contributed by atoms with Gasteiger partial charge in [-0.2, -0.15) is 0 Å². The van der Waals surface area contributed by atoms with Crippen LogP contribution in [-0.4, -0.2) is 13.1 Å². The molecule has 0 aromatic heterocycles. The van der Waals surface area contributed by atoms with Gasteiger partial charge in [0.1, 0.15) is 5.82 Å². The van der Waals surface area contributed by atoms with E-state index in [9.17, 15) is 4.39 Å². The van der Waals surface area contributed by atoms with Crippen molar-refractivity contribution in [2.24, 2.45) is 11.8 Å². The molecule has 0 spiro atoms. The Kier molecular flexibility index (Phi) is 6.20. The van der Waals surface area contributed by atoms with E-state index in [0.29, 0.717) is 11.8 Å². The second kappa shape index (κ2) is 7.44. The quantitative estimate of drug-likeness (QED) is 0.763. The Balaban J connectivity index is 2.68. The first-order chi connectivity index (χ1) is 8.19. The minimum absolute atomic E-state index is 0.0719. The molecule has 0 aliphatic heterocycles. The monoisotopic (exact) mass is 237 g/mol. The minimum atomic E-state index is -0.0719. The molecule has 0 saturated carbocycles. The lowest BCUT2D eigenvalue weighted by atomic mass is 9.86. The van der Waals surface area contributed by atoms with Gasteiger partial charge in [0.25, 0.3) is 0 Å². The van der Waals surface area contributed by atoms with E-state index < -0.39 is 0 Å². The van der Waals surface area contributed by atoms with E-state index in [0.717, 1.165) is 31.5 Å². The Bertz CT molecular complexity index is 324. The average Bonchev–Trinajstić information content (AvgIpc) is 2.35. The van der Waals surface area contributed by atoms with Gasteiger partial charge in [0.2, 0.25) is 0 Å². The summed E-state index contributed by atoms with van der Waals surface area (Å²) in [6.07, 6.45) is 1.97. The van der Waals surface area contributed by atoms with Gasteiger partial charge in [-0.1, -0.05) is 45.4 Å². The van der Waals surface area contributed by atoms with E-state index in [4.69, 9.17) is 0 Å². The second-order valence-corrected chi connectivity index (χ2v) is 4.75. The van der Waals surface area contributed by atoms with Crippen molar-refractivity contribution in [1.29, 1.82) is 0 Å². The van der Waals surface area contributed by atoms with Gasteiger partial charge in [-0.3, -0.25) is 0 Å². The lowest BCUT2D eigenvalue weighted by molar-refractivity contribution is 0.328. The molecule has 1 aromatic carbocycles. The molecule has 0 bridgehead atoms. The first kappa shape index (κ1) is 14.2. The number of benzene rings is 1. The van der Waals surface area contributed by atoms with Gasteiger partial charge in [-0.15, -0.1) is 0 Å². The van der Waals surface area contributed by atoms with E-state index in [1.807, 2.05) is 12.1 Å². The smallest absolute Gasteiger partial charge is 0.126 e. The fraction of sp³-hybridized carbons (Fsp3) is 0.600. The van der Waals surface area contributed by atoms with Crippen molar-refractivity contribution in [1.82, 2.24) is 5.32 Å². The van der Waals surface area contributed by atoms with Crippen molar-refractivity contribution in [2.75, 3.05) is 13.1 Å². The standard InChI is InChI=1S/C15H24FN/c1-4-12(3)14(11-17-5-2)10-13-8-6-7-9-15(13)16/h6-9,12,14,17H,4-5,10-11H2,1-3H3. The molecule has 0 heterocycles. The number of hydrogen-bond donors (Lipinski definition) is 1. The van der Waals surface area contributed by atoms with Gasteiger partial charge in [0.15, 0.2) is 0 Å². The maximum absolute atomic E-state index is 13.6. The summed E-state index contributed by atoms with van der Waals surface area (Å²) >= 11 is 0. The van der Waals surface area contributed by atoms with Crippen LogP contribution < -0.4 is 5.32 Å². The van der Waals surface area contributed by atoms with Crippen molar-refractivity contribution < 1.29 is 4.39 Å². The molecule has 17 heavy (non-hydrogen) atoms. The molecule has 0 aliphatic carbocycles. The first-order valence-electron chi connectivity index (χ1n) is 6.63. The van der Waals surface area contributed by atoms with E-state index in [1.165, 1.54) is 0 Å². The van der Waals surface area contributed by atoms with Crippen LogP contribution >= 0.6 is 0 Å². The van der Waals surface area contributed by atoms with Crippen molar-refractivity contribution in [3.8, 4) is 0 Å². The second-order valence-electron chi connectivity index (χ2n) is 4.75. The summed E-state index contributed by atoms with van der Waals surface area (Å²) in [4.78, 5) is 0. The van der Waals surface area contributed by atoms with Gasteiger partial charge in [0.05, 0.1) is 0 Å². The van der Waals surface area contributed by atoms with Crippen LogP contribution in [0.1, 0.15) is 32.8 Å². The maximum Gasteiger partial charge on any atom is 0.126 e. The number of nitrogens with one attached hydrogen (secondary N) is 1. The predicted molar refractivity (Wildman–Crippen MR) is 71.6 cm³/mol. The molecule has 0 amide bonds. The Morgan fingerprint density at radius 2 is 1.94 bits per heavy atom. The Morgan fingerprint density at radius 3 is 2.53 bits per heavy atom. The van der Waals surface area contributed by atoms with Crippen molar-refractivity contribution in [2.45, 2.75) is 33.6 Å². The van der Waals surface area contributed by atoms with Crippen LogP contribution in [0.15, 0.2) is 24.3 Å². The highest BCUT2D eigenvalue weighted by atomic mass is 19.1. The molecule has 2 atom stereocenters. The van der Waals surface area contributed by atoms with Crippen LogP contribution in [0.4, 0.5) is 4.39 Å². The van der Waals surface area contributed by atoms with E-state index in [2.05, 4.69) is 26.1 Å². The van der Waals surface area contributed by atoms with Crippen LogP contribution in [0.5, 0.6) is 0 Å². The largest absolute Gasteiger partial charge is 0.317 e. The molecular weight excluding hydrogens is 213 g/mol. The summed E-state index contributed by atoms with van der Waals surface area (Å²) in [5.41, 5.74) is 0.843. The molecule has 0 aliphatic rings. The van der Waals surface area contributed by atoms with Gasteiger partial charge in [0, 0.05) is 0 Å². The van der Waals surface area contributed by atoms with Gasteiger partial charge in [-0.05, 0) is 43.0 Å². The molecule has 1 N–H and O–H groups in total. The third-order valence-electron chi connectivity index (χ3n) is 3.55. The predicted octanol–water partition coefficient (Wildman–Crippen LogP) is 3.64. The molecule has 1 nitrogen and oxygen atoms in total. The van der Waals surface area contributed by atoms with E-state index >= 15 is 0 Å². The number of hydrogen-bond acceptors (Lipinski definition) is 1. The summed E-state index contributed by atoms with van der Waals surface area (Å²) in [6, 6.07) is 7.12. The molecule has 1 rings (SSSR count). The molecule has 2 heteroatoms. The highest BCUT2D eigenvalue weighted by molar-refractivity contribution is 5.18. The van der Waals surface area contributed by atoms with E-state index in [-0.39, 0.29) is 5.82 Å². The number of rotatable bonds is 7. The van der Waals surface area contributed by atoms with Crippen LogP contribution in [0.3, 0.4) is 0 Å². The molecule has 96 valence electrons. The highest BCUT2D eigenvalue weighted by Gasteiger charge is 2.17. The summed E-state index contributed by atoms with van der Waals surface area (Å²) in [5.74, 6) is 1.06. The lowest BCUT2D eigenvalue weighted by Gasteiger charge is -2.23. The van der Waals surface area contributed by atoms with E-state index in [1.54, 1.807) is 12.1 Å². The molecular formula is C15H24FN. The topological polar surface area (TPSA) is 12.0 Å². The lowest BCUT2D eigenvalue weighted by Crippen LogP contribution is -2.28. The van der Waals surface area contributed by atoms with Crippen molar-refractivity contribution >= 4 is 0 Å². The Labute approximate surface area is 104 Å². The Morgan fingerprint density at radius 1 is 1.24 bits per heavy atom. The zero-order valence-electron chi connectivity index (χ0n) is 11.2. The first-order valence-corrected chi connectivity index (χ1v) is 6.63. The normalized spacial score (nSPS) is 14.6. The molecule has 0 fully saturated rings. The molecule has 0 saturated heterocycles. The third kappa shape index (κ3) is 4.47. The zero-order chi connectivity index (χ0) is 12.7. The van der Waals surface area contributed by atoms with Crippen LogP contribution in [0.2, 0.25) is 0 Å². The zero-order valence-corrected chi connectivity index (χ0v) is 11.2. The summed E-state index contributed by atoms with van der Waals surface area (Å²) < 4.78 is 13.6. The maximum atomic E-state index is 13.6. The number of halogens is 1. The highest BCUT2D eigenvalue weighted by Crippen LogP contribution is 2.21. The van der Waals surface area contributed by atoms with Gasteiger partial charge >= 0.3 is 0 Å².